The second-order valence-electron chi connectivity index (χ2n) is 10.0. The Balaban J connectivity index is 1.32. The summed E-state index contributed by atoms with van der Waals surface area (Å²) >= 11 is 1.46. The van der Waals surface area contributed by atoms with Crippen LogP contribution in [0.4, 0.5) is 4.39 Å². The second kappa shape index (κ2) is 10.2. The van der Waals surface area contributed by atoms with Crippen LogP contribution in [0.5, 0.6) is 5.75 Å². The van der Waals surface area contributed by atoms with Crippen molar-refractivity contribution in [3.05, 3.63) is 35.9 Å². The van der Waals surface area contributed by atoms with Crippen LogP contribution in [0.2, 0.25) is 0 Å². The molecule has 1 aliphatic heterocycles. The third kappa shape index (κ3) is 4.96. The second-order valence-corrected chi connectivity index (χ2v) is 11.0. The van der Waals surface area contributed by atoms with Crippen LogP contribution in [-0.4, -0.2) is 69.5 Å². The monoisotopic (exact) mass is 487 g/mol. The van der Waals surface area contributed by atoms with Crippen molar-refractivity contribution in [1.82, 2.24) is 24.6 Å². The molecule has 2 saturated carbocycles. The summed E-state index contributed by atoms with van der Waals surface area (Å²) in [6.45, 7) is 5.74. The predicted molar refractivity (Wildman–Crippen MR) is 129 cm³/mol. The Morgan fingerprint density at radius 3 is 2.68 bits per heavy atom. The molecular weight excluding hydrogens is 453 g/mol. The lowest BCUT2D eigenvalue weighted by molar-refractivity contribution is -0.129. The number of hydrogen-bond acceptors (Lipinski definition) is 6. The summed E-state index contributed by atoms with van der Waals surface area (Å²) in [6.07, 6.45) is 5.21. The average molecular weight is 488 g/mol. The van der Waals surface area contributed by atoms with E-state index in [1.165, 1.54) is 43.5 Å². The Hall–Kier alpha value is -2.13. The van der Waals surface area contributed by atoms with E-state index >= 15 is 0 Å². The van der Waals surface area contributed by atoms with E-state index in [1.54, 1.807) is 18.2 Å². The molecule has 0 unspecified atom stereocenters. The van der Waals surface area contributed by atoms with Gasteiger partial charge in [-0.3, -0.25) is 9.36 Å². The van der Waals surface area contributed by atoms with Crippen molar-refractivity contribution >= 4 is 17.7 Å². The van der Waals surface area contributed by atoms with Crippen LogP contribution in [0.25, 0.3) is 0 Å². The number of rotatable bonds is 8. The third-order valence-corrected chi connectivity index (χ3v) is 8.86. The predicted octanol–water partition coefficient (Wildman–Crippen LogP) is 3.86. The van der Waals surface area contributed by atoms with Gasteiger partial charge in [0.1, 0.15) is 6.61 Å². The maximum atomic E-state index is 14.1. The molecule has 1 amide bonds. The van der Waals surface area contributed by atoms with Crippen molar-refractivity contribution in [2.45, 2.75) is 50.4 Å². The smallest absolute Gasteiger partial charge is 0.233 e. The van der Waals surface area contributed by atoms with Gasteiger partial charge in [0.2, 0.25) is 5.91 Å². The van der Waals surface area contributed by atoms with E-state index in [2.05, 4.69) is 33.6 Å². The molecule has 5 rings (SSSR count). The van der Waals surface area contributed by atoms with Gasteiger partial charge in [-0.25, -0.2) is 4.39 Å². The molecule has 2 aromatic rings. The number of nitrogens with zero attached hydrogens (tertiary/aromatic N) is 5. The normalized spacial score (nSPS) is 25.6. The van der Waals surface area contributed by atoms with Gasteiger partial charge in [-0.2, -0.15) is 0 Å². The number of carbonyl (C=O) groups is 1. The summed E-state index contributed by atoms with van der Waals surface area (Å²) in [5.74, 6) is 3.16. The van der Waals surface area contributed by atoms with Crippen LogP contribution >= 0.6 is 11.8 Å². The molecule has 3 fully saturated rings. The van der Waals surface area contributed by atoms with Crippen molar-refractivity contribution < 1.29 is 13.9 Å². The molecule has 184 valence electrons. The zero-order valence-corrected chi connectivity index (χ0v) is 20.8. The lowest BCUT2D eigenvalue weighted by Gasteiger charge is -2.32. The number of hydrogen-bond donors (Lipinski definition) is 0. The van der Waals surface area contributed by atoms with Gasteiger partial charge < -0.3 is 14.5 Å². The molecule has 7 nitrogen and oxygen atoms in total. The maximum Gasteiger partial charge on any atom is 0.233 e. The number of para-hydroxylation sites is 1. The van der Waals surface area contributed by atoms with Crippen molar-refractivity contribution in [3.8, 4) is 5.75 Å². The number of halogens is 1. The standard InChI is InChI=1S/C25H34FN5O2S/c1-17(20-14-18-7-8-19(20)13-18)31-23(15-33-22-6-4-3-5-21(22)26)27-28-25(31)34-16-24(32)30-11-9-29(2)10-12-30/h3-6,17-20H,7-16H2,1-2H3/t17-,18+,19+,20-/m1/s1. The van der Waals surface area contributed by atoms with Gasteiger partial charge in [-0.15, -0.1) is 10.2 Å². The van der Waals surface area contributed by atoms with Crippen LogP contribution in [0.3, 0.4) is 0 Å². The minimum atomic E-state index is -0.387. The molecule has 0 N–H and O–H groups in total. The fourth-order valence-corrected chi connectivity index (χ4v) is 6.91. The highest BCUT2D eigenvalue weighted by atomic mass is 32.2. The topological polar surface area (TPSA) is 63.5 Å². The first-order valence-corrected chi connectivity index (χ1v) is 13.4. The molecule has 1 saturated heterocycles. The number of fused-ring (bicyclic) bond motifs is 2. The lowest BCUT2D eigenvalue weighted by atomic mass is 9.84. The summed E-state index contributed by atoms with van der Waals surface area (Å²) in [5, 5.41) is 9.64. The molecule has 0 radical (unpaired) electrons. The van der Waals surface area contributed by atoms with Gasteiger partial charge in [0, 0.05) is 32.2 Å². The molecule has 34 heavy (non-hydrogen) atoms. The summed E-state index contributed by atoms with van der Waals surface area (Å²) in [6, 6.07) is 6.63. The zero-order valence-electron chi connectivity index (χ0n) is 20.0. The van der Waals surface area contributed by atoms with Gasteiger partial charge >= 0.3 is 0 Å². The first-order valence-electron chi connectivity index (χ1n) is 12.4. The van der Waals surface area contributed by atoms with E-state index < -0.39 is 0 Å². The van der Waals surface area contributed by atoms with Gasteiger partial charge in [0.05, 0.1) is 5.75 Å². The number of likely N-dealkylation sites (N-methyl/N-ethyl adjacent to an activating group) is 1. The summed E-state index contributed by atoms with van der Waals surface area (Å²) in [4.78, 5) is 17.0. The number of carbonyl (C=O) groups excluding carboxylic acids is 1. The molecule has 2 aliphatic carbocycles. The van der Waals surface area contributed by atoms with Crippen molar-refractivity contribution in [1.29, 1.82) is 0 Å². The minimum Gasteiger partial charge on any atom is -0.483 e. The Morgan fingerprint density at radius 2 is 1.97 bits per heavy atom. The number of piperazine rings is 1. The summed E-state index contributed by atoms with van der Waals surface area (Å²) < 4.78 is 22.1. The Kier molecular flexibility index (Phi) is 7.11. The van der Waals surface area contributed by atoms with Crippen molar-refractivity contribution in [2.24, 2.45) is 17.8 Å². The van der Waals surface area contributed by atoms with E-state index in [4.69, 9.17) is 4.74 Å². The van der Waals surface area contributed by atoms with Crippen LogP contribution in [-0.2, 0) is 11.4 Å². The summed E-state index contributed by atoms with van der Waals surface area (Å²) in [5.41, 5.74) is 0. The first-order chi connectivity index (χ1) is 16.5. The Labute approximate surface area is 205 Å². The molecule has 9 heteroatoms. The van der Waals surface area contributed by atoms with E-state index in [0.29, 0.717) is 17.5 Å². The molecule has 2 bridgehead atoms. The van der Waals surface area contributed by atoms with Crippen molar-refractivity contribution in [2.75, 3.05) is 39.0 Å². The quantitative estimate of drug-likeness (QED) is 0.527. The fourth-order valence-electron chi connectivity index (χ4n) is 5.97. The van der Waals surface area contributed by atoms with Crippen LogP contribution in [0.1, 0.15) is 44.5 Å². The van der Waals surface area contributed by atoms with Gasteiger partial charge in [-0.1, -0.05) is 30.3 Å². The maximum absolute atomic E-state index is 14.1. The van der Waals surface area contributed by atoms with Gasteiger partial charge in [0.15, 0.2) is 22.5 Å². The summed E-state index contributed by atoms with van der Waals surface area (Å²) in [7, 11) is 2.08. The van der Waals surface area contributed by atoms with Crippen LogP contribution in [0, 0.1) is 23.6 Å². The largest absolute Gasteiger partial charge is 0.483 e. The first kappa shape index (κ1) is 23.6. The van der Waals surface area contributed by atoms with Crippen molar-refractivity contribution in [3.63, 3.8) is 0 Å². The number of aromatic nitrogens is 3. The highest BCUT2D eigenvalue weighted by Crippen LogP contribution is 2.52. The van der Waals surface area contributed by atoms with E-state index in [-0.39, 0.29) is 30.1 Å². The SMILES string of the molecule is C[C@H]([C@H]1C[C@H]2CC[C@H]1C2)n1c(COc2ccccc2F)nnc1SCC(=O)N1CCN(C)CC1. The lowest BCUT2D eigenvalue weighted by Crippen LogP contribution is -2.47. The fraction of sp³-hybridized carbons (Fsp3) is 0.640. The third-order valence-electron chi connectivity index (χ3n) is 7.93. The highest BCUT2D eigenvalue weighted by Gasteiger charge is 2.43. The van der Waals surface area contributed by atoms with E-state index in [0.717, 1.165) is 43.2 Å². The molecule has 0 spiro atoms. The van der Waals surface area contributed by atoms with Crippen LogP contribution in [0.15, 0.2) is 29.4 Å². The molecular formula is C25H34FN5O2S. The Morgan fingerprint density at radius 1 is 1.18 bits per heavy atom. The minimum absolute atomic E-state index is 0.143. The molecule has 1 aromatic heterocycles. The molecule has 2 heterocycles. The molecule has 3 aliphatic rings. The van der Waals surface area contributed by atoms with E-state index in [1.807, 2.05) is 4.90 Å². The van der Waals surface area contributed by atoms with Crippen LogP contribution < -0.4 is 4.74 Å². The molecule has 4 atom stereocenters. The Bertz CT molecular complexity index is 1010. The van der Waals surface area contributed by atoms with Gasteiger partial charge in [-0.05, 0) is 63.1 Å². The molecule has 1 aromatic carbocycles. The highest BCUT2D eigenvalue weighted by molar-refractivity contribution is 7.99. The number of benzene rings is 1. The van der Waals surface area contributed by atoms with Gasteiger partial charge in [0.25, 0.3) is 0 Å². The average Bonchev–Trinajstić information content (AvgIpc) is 3.58. The van der Waals surface area contributed by atoms with E-state index in [9.17, 15) is 9.18 Å². The number of ether oxygens (including phenoxy) is 1. The number of amides is 1. The zero-order chi connectivity index (χ0) is 23.7. The number of thioether (sulfide) groups is 1.